The fraction of sp³-hybridized carbons (Fsp3) is 0.591. The molecule has 2 fully saturated rings. The molecule has 10 heteroatoms. The van der Waals surface area contributed by atoms with Gasteiger partial charge in [0.1, 0.15) is 18.4 Å². The molecular formula is C22H32N2O7S. The lowest BCUT2D eigenvalue weighted by molar-refractivity contribution is -0.143. The van der Waals surface area contributed by atoms with Crippen LogP contribution in [-0.4, -0.2) is 56.6 Å². The molecule has 1 aromatic rings. The van der Waals surface area contributed by atoms with Gasteiger partial charge in [-0.05, 0) is 36.8 Å². The lowest BCUT2D eigenvalue weighted by Gasteiger charge is -2.32. The maximum atomic E-state index is 12.4. The maximum absolute atomic E-state index is 12.4. The van der Waals surface area contributed by atoms with E-state index in [0.29, 0.717) is 19.4 Å². The van der Waals surface area contributed by atoms with Crippen LogP contribution in [0.3, 0.4) is 0 Å². The summed E-state index contributed by atoms with van der Waals surface area (Å²) >= 11 is 0. The molecule has 2 bridgehead atoms. The van der Waals surface area contributed by atoms with Gasteiger partial charge in [0, 0.05) is 5.41 Å². The number of ketones is 1. The summed E-state index contributed by atoms with van der Waals surface area (Å²) in [6, 6.07) is 9.61. The Morgan fingerprint density at radius 3 is 2.28 bits per heavy atom. The molecule has 2 saturated carbocycles. The number of hydrogen-bond acceptors (Lipinski definition) is 7. The number of carboxylic acid groups (broad SMARTS) is 1. The van der Waals surface area contributed by atoms with E-state index in [1.165, 1.54) is 0 Å². The van der Waals surface area contributed by atoms with E-state index in [0.717, 1.165) is 5.56 Å². The number of aliphatic carboxylic acids is 1. The molecule has 3 atom stereocenters. The Labute approximate surface area is 189 Å². The van der Waals surface area contributed by atoms with E-state index in [-0.39, 0.29) is 29.6 Å². The van der Waals surface area contributed by atoms with Gasteiger partial charge in [0.15, 0.2) is 5.78 Å². The van der Waals surface area contributed by atoms with E-state index in [2.05, 4.69) is 5.32 Å². The van der Waals surface area contributed by atoms with Crippen LogP contribution in [0, 0.1) is 16.7 Å². The molecule has 3 rings (SSSR count). The van der Waals surface area contributed by atoms with Crippen LogP contribution in [0.15, 0.2) is 30.3 Å². The number of carbonyl (C=O) groups excluding carboxylic acids is 2. The van der Waals surface area contributed by atoms with Crippen molar-refractivity contribution in [2.24, 2.45) is 16.7 Å². The number of esters is 1. The molecule has 0 saturated heterocycles. The second kappa shape index (κ2) is 10.1. The van der Waals surface area contributed by atoms with Crippen molar-refractivity contribution in [3.05, 3.63) is 35.9 Å². The van der Waals surface area contributed by atoms with Gasteiger partial charge in [-0.3, -0.25) is 14.4 Å². The molecule has 0 radical (unpaired) electrons. The first kappa shape index (κ1) is 26.0. The van der Waals surface area contributed by atoms with Gasteiger partial charge >= 0.3 is 11.9 Å². The van der Waals surface area contributed by atoms with Crippen LogP contribution in [0.4, 0.5) is 0 Å². The highest BCUT2D eigenvalue weighted by molar-refractivity contribution is 7.91. The van der Waals surface area contributed by atoms with E-state index in [1.807, 2.05) is 55.8 Å². The largest absolute Gasteiger partial charge is 0.480 e. The van der Waals surface area contributed by atoms with E-state index in [9.17, 15) is 22.8 Å². The number of fused-ring (bicyclic) bond motifs is 2. The molecule has 0 amide bonds. The topological polar surface area (TPSA) is 139 Å². The van der Waals surface area contributed by atoms with Crippen LogP contribution in [0.1, 0.15) is 39.2 Å². The molecule has 9 nitrogen and oxygen atoms in total. The Hall–Kier alpha value is -2.30. The quantitative estimate of drug-likeness (QED) is 0.486. The van der Waals surface area contributed by atoms with E-state index in [4.69, 9.17) is 9.84 Å². The summed E-state index contributed by atoms with van der Waals surface area (Å²) in [4.78, 5) is 33.8. The minimum absolute atomic E-state index is 0.230. The third kappa shape index (κ3) is 5.36. The van der Waals surface area contributed by atoms with E-state index in [1.54, 1.807) is 7.05 Å². The average molecular weight is 469 g/mol. The van der Waals surface area contributed by atoms with Crippen molar-refractivity contribution in [2.45, 2.75) is 45.5 Å². The van der Waals surface area contributed by atoms with Gasteiger partial charge in [0.05, 0.1) is 6.54 Å². The molecule has 3 unspecified atom stereocenters. The number of hydrogen-bond donors (Lipinski definition) is 3. The monoisotopic (exact) mass is 468 g/mol. The third-order valence-electron chi connectivity index (χ3n) is 6.79. The maximum Gasteiger partial charge on any atom is 0.320 e. The molecule has 0 spiro atoms. The van der Waals surface area contributed by atoms with Crippen molar-refractivity contribution >= 4 is 27.7 Å². The normalized spacial score (nSPS) is 25.7. The number of nitrogens with one attached hydrogen (secondary N) is 2. The van der Waals surface area contributed by atoms with Crippen LogP contribution in [0.2, 0.25) is 0 Å². The minimum atomic E-state index is -3.92. The number of rotatable bonds is 8. The van der Waals surface area contributed by atoms with Crippen LogP contribution in [-0.2, 0) is 35.8 Å². The molecule has 2 aliphatic rings. The number of sulfonamides is 1. The standard InChI is InChI=1S/C12H19NO5S.C10H13NO2/c1-11(2)7-4-5-12(11,3)10(16)9(7)19(17,18)13-6-8(14)15;1-11-7-10(12)13-8-9-5-3-2-4-6-9/h7,9,13H,4-6H2,1-3H3,(H,14,15);2-6,11H,7-8H2,1H3. The molecule has 2 aliphatic carbocycles. The summed E-state index contributed by atoms with van der Waals surface area (Å²) < 4.78 is 31.3. The summed E-state index contributed by atoms with van der Waals surface area (Å²) in [5, 5.41) is 10.2. The first-order valence-electron chi connectivity index (χ1n) is 10.5. The zero-order valence-corrected chi connectivity index (χ0v) is 19.7. The van der Waals surface area contributed by atoms with E-state index < -0.39 is 33.2 Å². The fourth-order valence-corrected chi connectivity index (χ4v) is 6.50. The summed E-state index contributed by atoms with van der Waals surface area (Å²) in [6.45, 7) is 5.59. The summed E-state index contributed by atoms with van der Waals surface area (Å²) in [7, 11) is -2.21. The van der Waals surface area contributed by atoms with Crippen molar-refractivity contribution in [1.29, 1.82) is 0 Å². The number of likely N-dealkylation sites (N-methyl/N-ethyl adjacent to an activating group) is 1. The zero-order chi connectivity index (χ0) is 24.2. The molecule has 3 N–H and O–H groups in total. The molecule has 1 aromatic carbocycles. The molecular weight excluding hydrogens is 436 g/mol. The lowest BCUT2D eigenvalue weighted by atomic mass is 9.70. The van der Waals surface area contributed by atoms with Crippen molar-refractivity contribution in [2.75, 3.05) is 20.1 Å². The third-order valence-corrected chi connectivity index (χ3v) is 8.55. The smallest absolute Gasteiger partial charge is 0.320 e. The average Bonchev–Trinajstić information content (AvgIpc) is 3.05. The molecule has 0 heterocycles. The van der Waals surface area contributed by atoms with E-state index >= 15 is 0 Å². The fourth-order valence-electron chi connectivity index (χ4n) is 4.55. The van der Waals surface area contributed by atoms with Gasteiger partial charge in [-0.15, -0.1) is 0 Å². The van der Waals surface area contributed by atoms with Gasteiger partial charge in [0.25, 0.3) is 0 Å². The Morgan fingerprint density at radius 1 is 1.16 bits per heavy atom. The zero-order valence-electron chi connectivity index (χ0n) is 18.9. The van der Waals surface area contributed by atoms with Gasteiger partial charge in [-0.1, -0.05) is 51.1 Å². The Bertz CT molecular complexity index is 946. The van der Waals surface area contributed by atoms with Crippen molar-refractivity contribution in [1.82, 2.24) is 10.0 Å². The van der Waals surface area contributed by atoms with Gasteiger partial charge in [-0.25, -0.2) is 13.1 Å². The SMILES string of the molecule is CC12CCC(C(S(=O)(=O)NCC(=O)O)C1=O)C2(C)C.CNCC(=O)OCc1ccccc1. The first-order valence-corrected chi connectivity index (χ1v) is 12.0. The second-order valence-electron chi connectivity index (χ2n) is 8.92. The van der Waals surface area contributed by atoms with Crippen LogP contribution in [0.5, 0.6) is 0 Å². The number of benzene rings is 1. The Balaban J connectivity index is 0.000000244. The van der Waals surface area contributed by atoms with Crippen molar-refractivity contribution in [3.63, 3.8) is 0 Å². The van der Waals surface area contributed by atoms with Gasteiger partial charge < -0.3 is 15.2 Å². The molecule has 178 valence electrons. The molecule has 0 aliphatic heterocycles. The highest BCUT2D eigenvalue weighted by atomic mass is 32.2. The Kier molecular flexibility index (Phi) is 8.19. The van der Waals surface area contributed by atoms with Crippen molar-refractivity contribution in [3.8, 4) is 0 Å². The second-order valence-corrected chi connectivity index (χ2v) is 10.8. The predicted octanol–water partition coefficient (Wildman–Crippen LogP) is 1.33. The first-order chi connectivity index (χ1) is 14.9. The van der Waals surface area contributed by atoms with Crippen molar-refractivity contribution < 1.29 is 32.6 Å². The summed E-state index contributed by atoms with van der Waals surface area (Å²) in [5.74, 6) is -2.00. The highest BCUT2D eigenvalue weighted by Gasteiger charge is 2.69. The number of ether oxygens (including phenoxy) is 1. The summed E-state index contributed by atoms with van der Waals surface area (Å²) in [5.41, 5.74) is 0.0134. The van der Waals surface area contributed by atoms with Crippen LogP contribution >= 0.6 is 0 Å². The number of carbonyl (C=O) groups is 3. The predicted molar refractivity (Wildman–Crippen MR) is 118 cm³/mol. The Morgan fingerprint density at radius 2 is 1.78 bits per heavy atom. The number of Topliss-reactive ketones (excluding diaryl/α,β-unsaturated/α-hetero) is 1. The minimum Gasteiger partial charge on any atom is -0.480 e. The summed E-state index contributed by atoms with van der Waals surface area (Å²) in [6.07, 6.45) is 1.39. The van der Waals surface area contributed by atoms with Gasteiger partial charge in [-0.2, -0.15) is 0 Å². The molecule has 0 aromatic heterocycles. The van der Waals surface area contributed by atoms with Crippen LogP contribution < -0.4 is 10.0 Å². The number of carboxylic acids is 1. The molecule has 32 heavy (non-hydrogen) atoms. The lowest BCUT2D eigenvalue weighted by Crippen LogP contribution is -2.46. The highest BCUT2D eigenvalue weighted by Crippen LogP contribution is 2.64. The van der Waals surface area contributed by atoms with Gasteiger partial charge in [0.2, 0.25) is 10.0 Å². The van der Waals surface area contributed by atoms with Crippen LogP contribution in [0.25, 0.3) is 0 Å².